The molecule has 0 aliphatic carbocycles. The number of phenols is 1. The molecule has 0 unspecified atom stereocenters. The SMILES string of the molecule is COc1cc(CN/C=C2\C(=O)NC(=O)c3ccc(C4=CSCC4)cc32)cc(O)c1OC. The molecule has 0 spiro atoms. The lowest BCUT2D eigenvalue weighted by Crippen LogP contribution is -2.37. The Morgan fingerprint density at radius 2 is 1.97 bits per heavy atom. The summed E-state index contributed by atoms with van der Waals surface area (Å²) in [4.78, 5) is 24.8. The van der Waals surface area contributed by atoms with E-state index in [1.807, 2.05) is 12.1 Å². The lowest BCUT2D eigenvalue weighted by molar-refractivity contribution is -0.114. The van der Waals surface area contributed by atoms with Gasteiger partial charge in [-0.2, -0.15) is 0 Å². The molecular weight excluding hydrogens is 416 g/mol. The number of phenolic OH excluding ortho intramolecular Hbond substituents is 1. The Hall–Kier alpha value is -3.39. The van der Waals surface area contributed by atoms with Crippen molar-refractivity contribution in [1.82, 2.24) is 10.6 Å². The summed E-state index contributed by atoms with van der Waals surface area (Å²) in [6.07, 6.45) is 2.56. The molecular formula is C23H22N2O5S. The summed E-state index contributed by atoms with van der Waals surface area (Å²) in [5, 5.41) is 17.7. The summed E-state index contributed by atoms with van der Waals surface area (Å²) in [6, 6.07) is 8.89. The first-order valence-corrected chi connectivity index (χ1v) is 10.7. The minimum absolute atomic E-state index is 0.0370. The van der Waals surface area contributed by atoms with Gasteiger partial charge in [-0.05, 0) is 52.8 Å². The van der Waals surface area contributed by atoms with Crippen LogP contribution in [0, 0.1) is 0 Å². The van der Waals surface area contributed by atoms with E-state index < -0.39 is 11.8 Å². The van der Waals surface area contributed by atoms with Gasteiger partial charge >= 0.3 is 0 Å². The Morgan fingerprint density at radius 3 is 2.68 bits per heavy atom. The molecule has 4 rings (SSSR count). The maximum absolute atomic E-state index is 12.5. The fourth-order valence-corrected chi connectivity index (χ4v) is 4.55. The van der Waals surface area contributed by atoms with Gasteiger partial charge in [-0.3, -0.25) is 14.9 Å². The molecule has 0 radical (unpaired) electrons. The lowest BCUT2D eigenvalue weighted by Gasteiger charge is -2.20. The second-order valence-electron chi connectivity index (χ2n) is 7.10. The highest BCUT2D eigenvalue weighted by Gasteiger charge is 2.28. The molecule has 31 heavy (non-hydrogen) atoms. The van der Waals surface area contributed by atoms with Crippen molar-refractivity contribution in [3.63, 3.8) is 0 Å². The highest BCUT2D eigenvalue weighted by Crippen LogP contribution is 2.37. The van der Waals surface area contributed by atoms with Crippen molar-refractivity contribution in [2.75, 3.05) is 20.0 Å². The van der Waals surface area contributed by atoms with Gasteiger partial charge in [0.15, 0.2) is 11.5 Å². The first-order valence-electron chi connectivity index (χ1n) is 9.70. The monoisotopic (exact) mass is 438 g/mol. The number of benzene rings is 2. The zero-order chi connectivity index (χ0) is 22.0. The van der Waals surface area contributed by atoms with Crippen LogP contribution in [0.1, 0.15) is 33.5 Å². The standard InChI is InChI=1S/C23H22N2O5S/c1-29-20-8-13(7-19(26)21(20)30-2)10-24-11-18-17-9-14(15-5-6-31-12-15)3-4-16(17)22(27)25-23(18)28/h3-4,7-9,11-12,24,26H,5-6,10H2,1-2H3,(H,25,27,28)/b18-11-. The molecule has 2 aliphatic rings. The van der Waals surface area contributed by atoms with Crippen LogP contribution in [0.4, 0.5) is 0 Å². The number of amides is 2. The molecule has 2 heterocycles. The largest absolute Gasteiger partial charge is 0.504 e. The van der Waals surface area contributed by atoms with E-state index in [-0.39, 0.29) is 11.5 Å². The third kappa shape index (κ3) is 4.11. The van der Waals surface area contributed by atoms with E-state index >= 15 is 0 Å². The van der Waals surface area contributed by atoms with E-state index in [4.69, 9.17) is 9.47 Å². The molecule has 160 valence electrons. The fourth-order valence-electron chi connectivity index (χ4n) is 3.64. The van der Waals surface area contributed by atoms with Crippen molar-refractivity contribution >= 4 is 34.7 Å². The predicted molar refractivity (Wildman–Crippen MR) is 120 cm³/mol. The molecule has 0 saturated carbocycles. The van der Waals surface area contributed by atoms with Crippen LogP contribution in [0.3, 0.4) is 0 Å². The summed E-state index contributed by atoms with van der Waals surface area (Å²) in [7, 11) is 2.95. The molecule has 0 aromatic heterocycles. The van der Waals surface area contributed by atoms with Crippen LogP contribution in [0.25, 0.3) is 11.1 Å². The molecule has 3 N–H and O–H groups in total. The number of carbonyl (C=O) groups excluding carboxylic acids is 2. The van der Waals surface area contributed by atoms with Crippen LogP contribution in [-0.4, -0.2) is 36.9 Å². The second-order valence-corrected chi connectivity index (χ2v) is 8.07. The average molecular weight is 439 g/mol. The molecule has 0 fully saturated rings. The van der Waals surface area contributed by atoms with E-state index in [2.05, 4.69) is 16.0 Å². The Kier molecular flexibility index (Phi) is 5.90. The minimum atomic E-state index is -0.452. The van der Waals surface area contributed by atoms with E-state index in [0.717, 1.165) is 23.3 Å². The summed E-state index contributed by atoms with van der Waals surface area (Å²) >= 11 is 1.76. The van der Waals surface area contributed by atoms with Gasteiger partial charge in [-0.15, -0.1) is 11.8 Å². The fraction of sp³-hybridized carbons (Fsp3) is 0.217. The number of rotatable bonds is 6. The van der Waals surface area contributed by atoms with Crippen molar-refractivity contribution in [1.29, 1.82) is 0 Å². The Morgan fingerprint density at radius 1 is 1.13 bits per heavy atom. The third-order valence-electron chi connectivity index (χ3n) is 5.18. The lowest BCUT2D eigenvalue weighted by atomic mass is 9.91. The van der Waals surface area contributed by atoms with E-state index in [1.165, 1.54) is 19.8 Å². The van der Waals surface area contributed by atoms with Crippen molar-refractivity contribution in [2.45, 2.75) is 13.0 Å². The Bertz CT molecular complexity index is 1120. The summed E-state index contributed by atoms with van der Waals surface area (Å²) in [6.45, 7) is 0.329. The number of methoxy groups -OCH3 is 2. The number of allylic oxidation sites excluding steroid dienone is 1. The first kappa shape index (κ1) is 20.9. The van der Waals surface area contributed by atoms with Crippen LogP contribution >= 0.6 is 11.8 Å². The number of ether oxygens (including phenoxy) is 2. The highest BCUT2D eigenvalue weighted by atomic mass is 32.2. The summed E-state index contributed by atoms with van der Waals surface area (Å²) < 4.78 is 10.4. The van der Waals surface area contributed by atoms with E-state index in [1.54, 1.807) is 36.2 Å². The molecule has 0 atom stereocenters. The van der Waals surface area contributed by atoms with Gasteiger partial charge in [0.05, 0.1) is 19.8 Å². The number of imide groups is 1. The Labute approximate surface area is 184 Å². The summed E-state index contributed by atoms with van der Waals surface area (Å²) in [5.74, 6) is 0.815. The maximum atomic E-state index is 12.5. The summed E-state index contributed by atoms with van der Waals surface area (Å²) in [5.41, 5.74) is 4.41. The smallest absolute Gasteiger partial charge is 0.260 e. The number of thioether (sulfide) groups is 1. The minimum Gasteiger partial charge on any atom is -0.504 e. The van der Waals surface area contributed by atoms with Crippen molar-refractivity contribution < 1.29 is 24.2 Å². The van der Waals surface area contributed by atoms with Gasteiger partial charge in [0.25, 0.3) is 11.8 Å². The highest BCUT2D eigenvalue weighted by molar-refractivity contribution is 8.02. The maximum Gasteiger partial charge on any atom is 0.260 e. The van der Waals surface area contributed by atoms with E-state index in [0.29, 0.717) is 29.0 Å². The second kappa shape index (κ2) is 8.77. The third-order valence-corrected chi connectivity index (χ3v) is 6.07. The predicted octanol–water partition coefficient (Wildman–Crippen LogP) is 3.29. The van der Waals surface area contributed by atoms with Crippen molar-refractivity contribution in [3.05, 3.63) is 64.2 Å². The molecule has 8 heteroatoms. The molecule has 2 aromatic rings. The van der Waals surface area contributed by atoms with Crippen molar-refractivity contribution in [2.24, 2.45) is 0 Å². The van der Waals surface area contributed by atoms with Gasteiger partial charge in [0, 0.05) is 29.6 Å². The van der Waals surface area contributed by atoms with Gasteiger partial charge < -0.3 is 19.9 Å². The normalized spacial score (nSPS) is 16.6. The van der Waals surface area contributed by atoms with Crippen LogP contribution in [-0.2, 0) is 11.3 Å². The van der Waals surface area contributed by atoms with Crippen molar-refractivity contribution in [3.8, 4) is 17.2 Å². The van der Waals surface area contributed by atoms with E-state index in [9.17, 15) is 14.7 Å². The van der Waals surface area contributed by atoms with Gasteiger partial charge in [-0.25, -0.2) is 0 Å². The number of aromatic hydroxyl groups is 1. The molecule has 2 aliphatic heterocycles. The van der Waals surface area contributed by atoms with Gasteiger partial charge in [0.1, 0.15) is 0 Å². The van der Waals surface area contributed by atoms with Crippen LogP contribution < -0.4 is 20.1 Å². The molecule has 2 amide bonds. The number of hydrogen-bond acceptors (Lipinski definition) is 7. The first-order chi connectivity index (χ1) is 15.0. The quantitative estimate of drug-likeness (QED) is 0.470. The van der Waals surface area contributed by atoms with Crippen LogP contribution in [0.2, 0.25) is 0 Å². The van der Waals surface area contributed by atoms with Crippen LogP contribution in [0.15, 0.2) is 41.9 Å². The van der Waals surface area contributed by atoms with Gasteiger partial charge in [0.2, 0.25) is 5.75 Å². The molecule has 7 nitrogen and oxygen atoms in total. The van der Waals surface area contributed by atoms with Gasteiger partial charge in [-0.1, -0.05) is 6.07 Å². The van der Waals surface area contributed by atoms with Crippen LogP contribution in [0.5, 0.6) is 17.2 Å². The number of fused-ring (bicyclic) bond motifs is 1. The zero-order valence-corrected chi connectivity index (χ0v) is 18.0. The average Bonchev–Trinajstić information content (AvgIpc) is 3.30. The number of carbonyl (C=O) groups is 2. The zero-order valence-electron chi connectivity index (χ0n) is 17.2. The molecule has 2 aromatic carbocycles. The molecule has 0 bridgehead atoms. The molecule has 0 saturated heterocycles. The Balaban J connectivity index is 1.62. The number of hydrogen-bond donors (Lipinski definition) is 3. The topological polar surface area (TPSA) is 96.9 Å². The number of nitrogens with one attached hydrogen (secondary N) is 2.